The second kappa shape index (κ2) is 7.14. The molecule has 1 atom stereocenters. The van der Waals surface area contributed by atoms with Crippen LogP contribution in [0.1, 0.15) is 12.0 Å². The monoisotopic (exact) mass is 373 g/mol. The summed E-state index contributed by atoms with van der Waals surface area (Å²) in [6.07, 6.45) is 0.115. The summed E-state index contributed by atoms with van der Waals surface area (Å²) in [5, 5.41) is 12.4. The molecule has 1 fully saturated rings. The molecule has 126 valence electrons. The molecular formula is C18H13Cl2N3O2. The van der Waals surface area contributed by atoms with Crippen molar-refractivity contribution in [3.63, 3.8) is 0 Å². The minimum absolute atomic E-state index is 0.115. The van der Waals surface area contributed by atoms with E-state index in [0.29, 0.717) is 27.0 Å². The number of halogens is 2. The number of benzene rings is 2. The number of carbonyl (C=O) groups excluding carboxylic acids is 2. The van der Waals surface area contributed by atoms with Crippen molar-refractivity contribution < 1.29 is 9.59 Å². The maximum atomic E-state index is 12.5. The summed E-state index contributed by atoms with van der Waals surface area (Å²) in [4.78, 5) is 26.3. The maximum Gasteiger partial charge on any atom is 0.229 e. The van der Waals surface area contributed by atoms with E-state index in [1.807, 2.05) is 6.07 Å². The smallest absolute Gasteiger partial charge is 0.229 e. The predicted molar refractivity (Wildman–Crippen MR) is 96.7 cm³/mol. The second-order valence-corrected chi connectivity index (χ2v) is 6.52. The van der Waals surface area contributed by atoms with Gasteiger partial charge in [0.25, 0.3) is 0 Å². The zero-order chi connectivity index (χ0) is 18.0. The third kappa shape index (κ3) is 3.76. The zero-order valence-electron chi connectivity index (χ0n) is 13.0. The fraction of sp³-hybridized carbons (Fsp3) is 0.167. The molecule has 5 nitrogen and oxygen atoms in total. The van der Waals surface area contributed by atoms with Crippen molar-refractivity contribution in [1.29, 1.82) is 5.26 Å². The van der Waals surface area contributed by atoms with Gasteiger partial charge in [-0.1, -0.05) is 23.2 Å². The molecule has 25 heavy (non-hydrogen) atoms. The highest BCUT2D eigenvalue weighted by Crippen LogP contribution is 2.29. The largest absolute Gasteiger partial charge is 0.324 e. The summed E-state index contributed by atoms with van der Waals surface area (Å²) in [6, 6.07) is 13.5. The standard InChI is InChI=1S/C18H13Cl2N3O2/c19-13-3-6-15(20)16(8-13)22-18(25)12-7-17(24)23(10-12)14-4-1-11(9-21)2-5-14/h1-6,8,12H,7,10H2,(H,22,25). The Kier molecular flexibility index (Phi) is 4.93. The van der Waals surface area contributed by atoms with Crippen LogP contribution in [-0.4, -0.2) is 18.4 Å². The first kappa shape index (κ1) is 17.3. The van der Waals surface area contributed by atoms with E-state index in [1.54, 1.807) is 47.4 Å². The Bertz CT molecular complexity index is 875. The van der Waals surface area contributed by atoms with Crippen molar-refractivity contribution in [3.05, 3.63) is 58.1 Å². The lowest BCUT2D eigenvalue weighted by atomic mass is 10.1. The van der Waals surface area contributed by atoms with Crippen LogP contribution in [0.25, 0.3) is 0 Å². The number of hydrogen-bond acceptors (Lipinski definition) is 3. The fourth-order valence-corrected chi connectivity index (χ4v) is 3.01. The van der Waals surface area contributed by atoms with E-state index in [0.717, 1.165) is 0 Å². The van der Waals surface area contributed by atoms with Crippen LogP contribution in [0.4, 0.5) is 11.4 Å². The van der Waals surface area contributed by atoms with Crippen LogP contribution < -0.4 is 10.2 Å². The van der Waals surface area contributed by atoms with Crippen LogP contribution in [-0.2, 0) is 9.59 Å². The number of carbonyl (C=O) groups is 2. The number of amides is 2. The Hall–Kier alpha value is -2.55. The number of rotatable bonds is 3. The summed E-state index contributed by atoms with van der Waals surface area (Å²) in [6.45, 7) is 0.273. The molecule has 1 aliphatic heterocycles. The van der Waals surface area contributed by atoms with Gasteiger partial charge >= 0.3 is 0 Å². The van der Waals surface area contributed by atoms with E-state index in [4.69, 9.17) is 28.5 Å². The zero-order valence-corrected chi connectivity index (χ0v) is 14.5. The molecule has 1 heterocycles. The molecule has 2 aromatic rings. The van der Waals surface area contributed by atoms with Gasteiger partial charge in [-0.25, -0.2) is 0 Å². The van der Waals surface area contributed by atoms with Gasteiger partial charge in [0, 0.05) is 23.7 Å². The number of hydrogen-bond donors (Lipinski definition) is 1. The van der Waals surface area contributed by atoms with Crippen molar-refractivity contribution >= 4 is 46.4 Å². The van der Waals surface area contributed by atoms with Gasteiger partial charge in [0.2, 0.25) is 11.8 Å². The molecule has 0 aromatic heterocycles. The quantitative estimate of drug-likeness (QED) is 0.887. The van der Waals surface area contributed by atoms with Gasteiger partial charge in [0.1, 0.15) is 0 Å². The first-order chi connectivity index (χ1) is 12.0. The molecule has 1 saturated heterocycles. The molecule has 0 radical (unpaired) electrons. The van der Waals surface area contributed by atoms with Gasteiger partial charge < -0.3 is 10.2 Å². The first-order valence-electron chi connectivity index (χ1n) is 7.54. The molecule has 3 rings (SSSR count). The van der Waals surface area contributed by atoms with E-state index in [2.05, 4.69) is 5.32 Å². The van der Waals surface area contributed by atoms with Gasteiger partial charge in [0.15, 0.2) is 0 Å². The predicted octanol–water partition coefficient (Wildman–Crippen LogP) is 3.86. The van der Waals surface area contributed by atoms with Crippen LogP contribution in [0.5, 0.6) is 0 Å². The van der Waals surface area contributed by atoms with Crippen LogP contribution in [0.2, 0.25) is 10.0 Å². The molecule has 0 aliphatic carbocycles. The molecule has 7 heteroatoms. The molecular weight excluding hydrogens is 361 g/mol. The third-order valence-electron chi connectivity index (χ3n) is 3.99. The fourth-order valence-electron chi connectivity index (χ4n) is 2.68. The molecule has 2 amide bonds. The summed E-state index contributed by atoms with van der Waals surface area (Å²) in [5.74, 6) is -0.908. The Morgan fingerprint density at radius 2 is 1.92 bits per heavy atom. The van der Waals surface area contributed by atoms with Crippen molar-refractivity contribution in [2.24, 2.45) is 5.92 Å². The van der Waals surface area contributed by atoms with Gasteiger partial charge in [-0.3, -0.25) is 9.59 Å². The first-order valence-corrected chi connectivity index (χ1v) is 8.30. The highest BCUT2D eigenvalue weighted by atomic mass is 35.5. The Labute approximate surface area is 154 Å². The Morgan fingerprint density at radius 1 is 1.20 bits per heavy atom. The molecule has 0 saturated carbocycles. The Balaban J connectivity index is 1.72. The highest BCUT2D eigenvalue weighted by molar-refractivity contribution is 6.35. The molecule has 1 unspecified atom stereocenters. The molecule has 1 aliphatic rings. The van der Waals surface area contributed by atoms with E-state index >= 15 is 0 Å². The number of nitrogens with zero attached hydrogens (tertiary/aromatic N) is 2. The molecule has 0 bridgehead atoms. The Morgan fingerprint density at radius 3 is 2.60 bits per heavy atom. The van der Waals surface area contributed by atoms with E-state index in [9.17, 15) is 9.59 Å². The SMILES string of the molecule is N#Cc1ccc(N2CC(C(=O)Nc3cc(Cl)ccc3Cl)CC2=O)cc1. The van der Waals surface area contributed by atoms with E-state index in [1.165, 1.54) is 0 Å². The maximum absolute atomic E-state index is 12.5. The van der Waals surface area contributed by atoms with Crippen LogP contribution in [0.15, 0.2) is 42.5 Å². The van der Waals surface area contributed by atoms with Crippen molar-refractivity contribution in [3.8, 4) is 6.07 Å². The minimum atomic E-state index is -0.488. The molecule has 2 aromatic carbocycles. The molecule has 1 N–H and O–H groups in total. The van der Waals surface area contributed by atoms with Gasteiger partial charge in [-0.15, -0.1) is 0 Å². The van der Waals surface area contributed by atoms with Gasteiger partial charge in [0.05, 0.1) is 28.3 Å². The molecule has 0 spiro atoms. The van der Waals surface area contributed by atoms with Crippen LogP contribution in [0.3, 0.4) is 0 Å². The van der Waals surface area contributed by atoms with Crippen molar-refractivity contribution in [2.45, 2.75) is 6.42 Å². The minimum Gasteiger partial charge on any atom is -0.324 e. The van der Waals surface area contributed by atoms with Gasteiger partial charge in [-0.2, -0.15) is 5.26 Å². The van der Waals surface area contributed by atoms with E-state index in [-0.39, 0.29) is 24.8 Å². The van der Waals surface area contributed by atoms with Crippen LogP contribution >= 0.6 is 23.2 Å². The summed E-state index contributed by atoms with van der Waals surface area (Å²) >= 11 is 12.0. The van der Waals surface area contributed by atoms with Crippen LogP contribution in [0, 0.1) is 17.2 Å². The summed E-state index contributed by atoms with van der Waals surface area (Å²) in [7, 11) is 0. The topological polar surface area (TPSA) is 73.2 Å². The average molecular weight is 374 g/mol. The van der Waals surface area contributed by atoms with Gasteiger partial charge in [-0.05, 0) is 42.5 Å². The van der Waals surface area contributed by atoms with Crippen molar-refractivity contribution in [1.82, 2.24) is 0 Å². The van der Waals surface area contributed by atoms with Crippen molar-refractivity contribution in [2.75, 3.05) is 16.8 Å². The summed E-state index contributed by atoms with van der Waals surface area (Å²) in [5.41, 5.74) is 1.60. The second-order valence-electron chi connectivity index (χ2n) is 5.68. The lowest BCUT2D eigenvalue weighted by Crippen LogP contribution is -2.28. The summed E-state index contributed by atoms with van der Waals surface area (Å²) < 4.78 is 0. The number of nitrogens with one attached hydrogen (secondary N) is 1. The lowest BCUT2D eigenvalue weighted by Gasteiger charge is -2.17. The van der Waals surface area contributed by atoms with E-state index < -0.39 is 5.92 Å². The highest BCUT2D eigenvalue weighted by Gasteiger charge is 2.35. The number of nitriles is 1. The third-order valence-corrected chi connectivity index (χ3v) is 4.55. The number of anilines is 2. The average Bonchev–Trinajstić information content (AvgIpc) is 3.00. The normalized spacial score (nSPS) is 16.6. The lowest BCUT2D eigenvalue weighted by molar-refractivity contribution is -0.122.